The van der Waals surface area contributed by atoms with E-state index in [2.05, 4.69) is 15.9 Å². The van der Waals surface area contributed by atoms with Crippen molar-refractivity contribution in [2.45, 2.75) is 4.83 Å². The Bertz CT molecular complexity index is 489. The Morgan fingerprint density at radius 3 is 2.12 bits per heavy atom. The number of alkyl halides is 1. The van der Waals surface area contributed by atoms with E-state index in [9.17, 15) is 0 Å². The highest BCUT2D eigenvalue weighted by atomic mass is 79.9. The summed E-state index contributed by atoms with van der Waals surface area (Å²) in [6, 6.07) is 9.31. The van der Waals surface area contributed by atoms with Gasteiger partial charge in [-0.05, 0) is 24.3 Å². The van der Waals surface area contributed by atoms with Crippen molar-refractivity contribution in [1.29, 1.82) is 0 Å². The smallest absolute Gasteiger partial charge is 0.0931 e. The quantitative estimate of drug-likeness (QED) is 0.563. The average molecular weight is 356 g/mol. The number of rotatable bonds is 2. The summed E-state index contributed by atoms with van der Waals surface area (Å²) in [5, 5.41) is 1.30. The van der Waals surface area contributed by atoms with Gasteiger partial charge < -0.3 is 0 Å². The number of halogens is 4. The van der Waals surface area contributed by atoms with Crippen molar-refractivity contribution in [3.05, 3.63) is 55.2 Å². The van der Waals surface area contributed by atoms with Crippen LogP contribution in [0.15, 0.2) is 30.3 Å². The van der Waals surface area contributed by atoms with Gasteiger partial charge in [-0.3, -0.25) is 0 Å². The highest BCUT2D eigenvalue weighted by Gasteiger charge is 2.18. The first-order chi connectivity index (χ1) is 7.59. The first kappa shape index (κ1) is 12.7. The summed E-state index contributed by atoms with van der Waals surface area (Å²) in [5.74, 6) is 0. The van der Waals surface area contributed by atoms with Crippen LogP contribution in [0.25, 0.3) is 0 Å². The first-order valence-electron chi connectivity index (χ1n) is 4.43. The molecule has 1 atom stereocenters. The highest BCUT2D eigenvalue weighted by Crippen LogP contribution is 2.42. The maximum Gasteiger partial charge on any atom is 0.0931 e. The van der Waals surface area contributed by atoms with Crippen LogP contribution in [-0.2, 0) is 0 Å². The standard InChI is InChI=1S/C11H6BrCl3S/c12-11(8-4-5-9(15)16-8)10-6(13)2-1-3-7(10)14/h1-5,11H. The van der Waals surface area contributed by atoms with Crippen molar-refractivity contribution in [1.82, 2.24) is 0 Å². The third kappa shape index (κ3) is 2.57. The second kappa shape index (κ2) is 5.28. The normalized spacial score (nSPS) is 12.8. The maximum absolute atomic E-state index is 6.14. The fraction of sp³-hybridized carbons (Fsp3) is 0.0909. The van der Waals surface area contributed by atoms with Gasteiger partial charge in [0.25, 0.3) is 0 Å². The van der Waals surface area contributed by atoms with Crippen molar-refractivity contribution < 1.29 is 0 Å². The molecule has 16 heavy (non-hydrogen) atoms. The molecule has 0 saturated carbocycles. The van der Waals surface area contributed by atoms with Gasteiger partial charge >= 0.3 is 0 Å². The van der Waals surface area contributed by atoms with Gasteiger partial charge in [-0.15, -0.1) is 11.3 Å². The number of benzene rings is 1. The zero-order valence-corrected chi connectivity index (χ0v) is 12.6. The molecule has 0 aliphatic rings. The lowest BCUT2D eigenvalue weighted by atomic mass is 10.1. The van der Waals surface area contributed by atoms with Crippen LogP contribution in [0.4, 0.5) is 0 Å². The SMILES string of the molecule is Clc1ccc(C(Br)c2c(Cl)cccc2Cl)s1. The molecule has 2 aromatic rings. The van der Waals surface area contributed by atoms with Gasteiger partial charge in [-0.2, -0.15) is 0 Å². The minimum absolute atomic E-state index is 0.0220. The van der Waals surface area contributed by atoms with Crippen molar-refractivity contribution in [2.24, 2.45) is 0 Å². The molecule has 1 heterocycles. The predicted octanol–water partition coefficient (Wildman–Crippen LogP) is 6.19. The predicted molar refractivity (Wildman–Crippen MR) is 76.6 cm³/mol. The van der Waals surface area contributed by atoms with E-state index in [-0.39, 0.29) is 4.83 Å². The monoisotopic (exact) mass is 354 g/mol. The summed E-state index contributed by atoms with van der Waals surface area (Å²) in [6.07, 6.45) is 0. The third-order valence-electron chi connectivity index (χ3n) is 2.10. The first-order valence-corrected chi connectivity index (χ1v) is 7.29. The highest BCUT2D eigenvalue weighted by molar-refractivity contribution is 9.09. The molecule has 0 aliphatic heterocycles. The Labute approximate surface area is 121 Å². The van der Waals surface area contributed by atoms with Crippen LogP contribution in [0, 0.1) is 0 Å². The summed E-state index contributed by atoms with van der Waals surface area (Å²) in [5.41, 5.74) is 0.879. The molecule has 1 unspecified atom stereocenters. The van der Waals surface area contributed by atoms with Crippen LogP contribution in [0.5, 0.6) is 0 Å². The molecule has 84 valence electrons. The van der Waals surface area contributed by atoms with E-state index in [0.717, 1.165) is 14.8 Å². The van der Waals surface area contributed by atoms with Crippen LogP contribution in [0.1, 0.15) is 15.3 Å². The zero-order chi connectivity index (χ0) is 11.7. The lowest BCUT2D eigenvalue weighted by Gasteiger charge is -2.12. The molecule has 1 aromatic heterocycles. The number of thiophene rings is 1. The molecule has 0 aliphatic carbocycles. The summed E-state index contributed by atoms with van der Waals surface area (Å²) in [7, 11) is 0. The van der Waals surface area contributed by atoms with Gasteiger partial charge in [-0.25, -0.2) is 0 Å². The van der Waals surface area contributed by atoms with Gasteiger partial charge in [0.15, 0.2) is 0 Å². The lowest BCUT2D eigenvalue weighted by molar-refractivity contribution is 1.23. The average Bonchev–Trinajstić information content (AvgIpc) is 2.64. The van der Waals surface area contributed by atoms with Crippen LogP contribution >= 0.6 is 62.1 Å². The van der Waals surface area contributed by atoms with Crippen molar-refractivity contribution >= 4 is 62.1 Å². The Kier molecular flexibility index (Phi) is 4.20. The molecule has 0 fully saturated rings. The largest absolute Gasteiger partial charge is 0.127 e. The molecule has 0 amide bonds. The van der Waals surface area contributed by atoms with Crippen molar-refractivity contribution in [3.63, 3.8) is 0 Å². The third-order valence-corrected chi connectivity index (χ3v) is 5.31. The summed E-state index contributed by atoms with van der Waals surface area (Å²) in [6.45, 7) is 0. The molecule has 2 rings (SSSR count). The van der Waals surface area contributed by atoms with Crippen LogP contribution in [0.2, 0.25) is 14.4 Å². The van der Waals surface area contributed by atoms with E-state index in [1.807, 2.05) is 30.3 Å². The lowest BCUT2D eigenvalue weighted by Crippen LogP contribution is -1.92. The van der Waals surface area contributed by atoms with E-state index >= 15 is 0 Å². The number of hydrogen-bond donors (Lipinski definition) is 0. The maximum atomic E-state index is 6.14. The molecule has 0 N–H and O–H groups in total. The van der Waals surface area contributed by atoms with Crippen molar-refractivity contribution in [2.75, 3.05) is 0 Å². The van der Waals surface area contributed by atoms with Gasteiger partial charge in [0.1, 0.15) is 0 Å². The van der Waals surface area contributed by atoms with Gasteiger partial charge in [0.05, 0.1) is 9.16 Å². The number of hydrogen-bond acceptors (Lipinski definition) is 1. The molecule has 5 heteroatoms. The summed E-state index contributed by atoms with van der Waals surface area (Å²) < 4.78 is 0.752. The Hall–Kier alpha value is 0.270. The minimum atomic E-state index is -0.0220. The second-order valence-electron chi connectivity index (χ2n) is 3.14. The second-order valence-corrected chi connectivity index (χ2v) is 6.62. The minimum Gasteiger partial charge on any atom is -0.127 e. The topological polar surface area (TPSA) is 0 Å². The van der Waals surface area contributed by atoms with Crippen LogP contribution in [-0.4, -0.2) is 0 Å². The fourth-order valence-electron chi connectivity index (χ4n) is 1.36. The molecule has 0 nitrogen and oxygen atoms in total. The fourth-order valence-corrected chi connectivity index (χ4v) is 4.21. The Morgan fingerprint density at radius 1 is 1.00 bits per heavy atom. The molecular weight excluding hydrogens is 350 g/mol. The van der Waals surface area contributed by atoms with E-state index in [1.165, 1.54) is 11.3 Å². The summed E-state index contributed by atoms with van der Waals surface area (Å²) in [4.78, 5) is 1.06. The van der Waals surface area contributed by atoms with Gasteiger partial charge in [0, 0.05) is 20.5 Å². The molecule has 0 spiro atoms. The van der Waals surface area contributed by atoms with Gasteiger partial charge in [-0.1, -0.05) is 56.8 Å². The van der Waals surface area contributed by atoms with E-state index < -0.39 is 0 Å². The van der Waals surface area contributed by atoms with Crippen LogP contribution in [0.3, 0.4) is 0 Å². The summed E-state index contributed by atoms with van der Waals surface area (Å²) >= 11 is 23.3. The van der Waals surface area contributed by atoms with Crippen LogP contribution < -0.4 is 0 Å². The molecular formula is C11H6BrCl3S. The van der Waals surface area contributed by atoms with Crippen molar-refractivity contribution in [3.8, 4) is 0 Å². The molecule has 0 saturated heterocycles. The molecule has 1 aromatic carbocycles. The van der Waals surface area contributed by atoms with Gasteiger partial charge in [0.2, 0.25) is 0 Å². The molecule has 0 radical (unpaired) electrons. The van der Waals surface area contributed by atoms with E-state index in [0.29, 0.717) is 10.0 Å². The van der Waals surface area contributed by atoms with E-state index in [1.54, 1.807) is 0 Å². The zero-order valence-electron chi connectivity index (χ0n) is 7.88. The molecule has 0 bridgehead atoms. The Morgan fingerprint density at radius 2 is 1.62 bits per heavy atom. The Balaban J connectivity index is 2.45. The van der Waals surface area contributed by atoms with E-state index in [4.69, 9.17) is 34.8 Å².